The first kappa shape index (κ1) is 16.8. The molecule has 1 fully saturated rings. The van der Waals surface area contributed by atoms with Crippen LogP contribution in [0.2, 0.25) is 5.02 Å². The molecule has 24 heavy (non-hydrogen) atoms. The summed E-state index contributed by atoms with van der Waals surface area (Å²) >= 11 is 6.00. The Morgan fingerprint density at radius 3 is 2.46 bits per heavy atom. The Hall–Kier alpha value is -2.00. The molecule has 3 unspecified atom stereocenters. The molecule has 3 atom stereocenters. The molecule has 0 aliphatic carbocycles. The second kappa shape index (κ2) is 7.27. The van der Waals surface area contributed by atoms with Crippen LogP contribution in [0.1, 0.15) is 24.8 Å². The highest BCUT2D eigenvalue weighted by atomic mass is 35.5. The van der Waals surface area contributed by atoms with E-state index in [1.54, 1.807) is 0 Å². The molecule has 126 valence electrons. The number of carbonyl (C=O) groups is 1. The molecule has 1 amide bonds. The van der Waals surface area contributed by atoms with Gasteiger partial charge in [-0.2, -0.15) is 0 Å². The zero-order chi connectivity index (χ0) is 17.1. The highest BCUT2D eigenvalue weighted by molar-refractivity contribution is 6.30. The van der Waals surface area contributed by atoms with Gasteiger partial charge in [-0.3, -0.25) is 4.79 Å². The van der Waals surface area contributed by atoms with Gasteiger partial charge in [-0.05, 0) is 42.2 Å². The molecule has 3 nitrogen and oxygen atoms in total. The molecule has 4 heteroatoms. The van der Waals surface area contributed by atoms with Gasteiger partial charge in [0.25, 0.3) is 0 Å². The van der Waals surface area contributed by atoms with Crippen molar-refractivity contribution in [1.82, 2.24) is 0 Å². The lowest BCUT2D eigenvalue weighted by atomic mass is 9.74. The van der Waals surface area contributed by atoms with E-state index in [9.17, 15) is 4.79 Å². The Morgan fingerprint density at radius 2 is 1.83 bits per heavy atom. The van der Waals surface area contributed by atoms with Crippen molar-refractivity contribution in [3.8, 4) is 0 Å². The molecular weight excluding hydrogens is 320 g/mol. The summed E-state index contributed by atoms with van der Waals surface area (Å²) in [6, 6.07) is 18.4. The lowest BCUT2D eigenvalue weighted by Crippen LogP contribution is -2.44. The Morgan fingerprint density at radius 1 is 1.17 bits per heavy atom. The molecule has 2 aromatic rings. The normalized spacial score (nSPS) is 22.2. The molecule has 0 aromatic heterocycles. The Kier molecular flexibility index (Phi) is 5.10. The van der Waals surface area contributed by atoms with Crippen molar-refractivity contribution >= 4 is 23.2 Å². The number of amides is 1. The smallest absolute Gasteiger partial charge is 0.220 e. The number of nitrogens with two attached hydrogens (primary N) is 1. The van der Waals surface area contributed by atoms with Crippen molar-refractivity contribution in [3.05, 3.63) is 65.2 Å². The number of anilines is 1. The van der Waals surface area contributed by atoms with E-state index >= 15 is 0 Å². The summed E-state index contributed by atoms with van der Waals surface area (Å²) in [6.45, 7) is 3.77. The first-order chi connectivity index (χ1) is 11.6. The van der Waals surface area contributed by atoms with Crippen molar-refractivity contribution in [1.29, 1.82) is 0 Å². The standard InChI is InChI=1S/C20H23ClN2O/c1-14(20(22)24)18-11-12-23(17-9-7-16(21)8-10-17)13-19(18)15-5-3-2-4-6-15/h2-10,14,18-19H,11-13H2,1H3,(H2,22,24). The average Bonchev–Trinajstić information content (AvgIpc) is 2.62. The zero-order valence-corrected chi connectivity index (χ0v) is 14.6. The quantitative estimate of drug-likeness (QED) is 0.910. The SMILES string of the molecule is CC(C(N)=O)C1CCN(c2ccc(Cl)cc2)CC1c1ccccc1. The minimum atomic E-state index is -0.208. The molecule has 0 spiro atoms. The molecule has 0 radical (unpaired) electrons. The lowest BCUT2D eigenvalue weighted by molar-refractivity contribution is -0.123. The van der Waals surface area contributed by atoms with E-state index in [2.05, 4.69) is 41.3 Å². The topological polar surface area (TPSA) is 46.3 Å². The van der Waals surface area contributed by atoms with Gasteiger partial charge >= 0.3 is 0 Å². The van der Waals surface area contributed by atoms with Gasteiger partial charge in [0.15, 0.2) is 0 Å². The number of hydrogen-bond acceptors (Lipinski definition) is 2. The summed E-state index contributed by atoms with van der Waals surface area (Å²) in [5.41, 5.74) is 8.05. The Balaban J connectivity index is 1.88. The van der Waals surface area contributed by atoms with Crippen molar-refractivity contribution in [2.45, 2.75) is 19.3 Å². The molecule has 2 N–H and O–H groups in total. The number of nitrogens with zero attached hydrogens (tertiary/aromatic N) is 1. The number of benzene rings is 2. The van der Waals surface area contributed by atoms with E-state index in [1.165, 1.54) is 11.3 Å². The van der Waals surface area contributed by atoms with Crippen LogP contribution in [0.5, 0.6) is 0 Å². The van der Waals surface area contributed by atoms with Crippen LogP contribution in [0.25, 0.3) is 0 Å². The number of hydrogen-bond donors (Lipinski definition) is 1. The monoisotopic (exact) mass is 342 g/mol. The van der Waals surface area contributed by atoms with Crippen molar-refractivity contribution < 1.29 is 4.79 Å². The van der Waals surface area contributed by atoms with Crippen molar-refractivity contribution in [2.75, 3.05) is 18.0 Å². The minimum Gasteiger partial charge on any atom is -0.371 e. The second-order valence-corrected chi connectivity index (χ2v) is 7.02. The maximum Gasteiger partial charge on any atom is 0.220 e. The zero-order valence-electron chi connectivity index (χ0n) is 13.9. The summed E-state index contributed by atoms with van der Waals surface area (Å²) in [5, 5.41) is 0.746. The van der Waals surface area contributed by atoms with Crippen molar-refractivity contribution in [2.24, 2.45) is 17.6 Å². The predicted molar refractivity (Wildman–Crippen MR) is 99.3 cm³/mol. The van der Waals surface area contributed by atoms with E-state index in [-0.39, 0.29) is 23.7 Å². The average molecular weight is 343 g/mol. The largest absolute Gasteiger partial charge is 0.371 e. The summed E-state index contributed by atoms with van der Waals surface area (Å²) in [6.07, 6.45) is 0.951. The van der Waals surface area contributed by atoms with Crippen LogP contribution in [0, 0.1) is 11.8 Å². The number of halogens is 1. The fraction of sp³-hybridized carbons (Fsp3) is 0.350. The summed E-state index contributed by atoms with van der Waals surface area (Å²) in [7, 11) is 0. The van der Waals surface area contributed by atoms with Crippen LogP contribution >= 0.6 is 11.6 Å². The Labute approximate surface area is 148 Å². The second-order valence-electron chi connectivity index (χ2n) is 6.58. The van der Waals surface area contributed by atoms with Crippen LogP contribution in [0.15, 0.2) is 54.6 Å². The first-order valence-electron chi connectivity index (χ1n) is 8.41. The van der Waals surface area contributed by atoms with Crippen LogP contribution < -0.4 is 10.6 Å². The maximum atomic E-state index is 11.8. The van der Waals surface area contributed by atoms with E-state index in [0.717, 1.165) is 24.5 Å². The Bertz CT molecular complexity index is 687. The summed E-state index contributed by atoms with van der Waals surface area (Å²) < 4.78 is 0. The van der Waals surface area contributed by atoms with Gasteiger partial charge in [-0.25, -0.2) is 0 Å². The van der Waals surface area contributed by atoms with Crippen LogP contribution in [-0.4, -0.2) is 19.0 Å². The molecule has 1 aliphatic rings. The van der Waals surface area contributed by atoms with E-state index in [4.69, 9.17) is 17.3 Å². The first-order valence-corrected chi connectivity index (χ1v) is 8.79. The van der Waals surface area contributed by atoms with Crippen molar-refractivity contribution in [3.63, 3.8) is 0 Å². The number of primary amides is 1. The molecule has 0 bridgehead atoms. The van der Waals surface area contributed by atoms with Gasteiger partial charge in [-0.1, -0.05) is 48.9 Å². The molecule has 2 aromatic carbocycles. The highest BCUT2D eigenvalue weighted by Crippen LogP contribution is 2.38. The fourth-order valence-corrected chi connectivity index (χ4v) is 3.84. The van der Waals surface area contributed by atoms with E-state index in [1.807, 2.05) is 25.1 Å². The molecule has 1 heterocycles. The van der Waals surface area contributed by atoms with Gasteiger partial charge in [0, 0.05) is 35.6 Å². The predicted octanol–water partition coefficient (Wildman–Crippen LogP) is 4.07. The van der Waals surface area contributed by atoms with Crippen LogP contribution in [0.3, 0.4) is 0 Å². The van der Waals surface area contributed by atoms with Gasteiger partial charge in [-0.15, -0.1) is 0 Å². The number of rotatable bonds is 4. The number of piperidine rings is 1. The summed E-state index contributed by atoms with van der Waals surface area (Å²) in [5.74, 6) is 0.232. The molecule has 0 saturated carbocycles. The molecular formula is C20H23ClN2O. The molecule has 3 rings (SSSR count). The third kappa shape index (κ3) is 3.57. The minimum absolute atomic E-state index is 0.123. The van der Waals surface area contributed by atoms with E-state index in [0.29, 0.717) is 0 Å². The van der Waals surface area contributed by atoms with Gasteiger partial charge in [0.2, 0.25) is 5.91 Å². The maximum absolute atomic E-state index is 11.8. The highest BCUT2D eigenvalue weighted by Gasteiger charge is 2.35. The fourth-order valence-electron chi connectivity index (χ4n) is 3.72. The lowest BCUT2D eigenvalue weighted by Gasteiger charge is -2.42. The van der Waals surface area contributed by atoms with Gasteiger partial charge in [0.05, 0.1) is 0 Å². The van der Waals surface area contributed by atoms with Gasteiger partial charge < -0.3 is 10.6 Å². The van der Waals surface area contributed by atoms with Crippen LogP contribution in [-0.2, 0) is 4.79 Å². The summed E-state index contributed by atoms with van der Waals surface area (Å²) in [4.78, 5) is 14.1. The molecule has 1 saturated heterocycles. The number of carbonyl (C=O) groups excluding carboxylic acids is 1. The molecule has 1 aliphatic heterocycles. The van der Waals surface area contributed by atoms with E-state index < -0.39 is 0 Å². The van der Waals surface area contributed by atoms with Gasteiger partial charge in [0.1, 0.15) is 0 Å². The van der Waals surface area contributed by atoms with Crippen LogP contribution in [0.4, 0.5) is 5.69 Å². The third-order valence-corrected chi connectivity index (χ3v) is 5.43. The third-order valence-electron chi connectivity index (χ3n) is 5.18.